The Kier molecular flexibility index (Phi) is 4.77. The van der Waals surface area contributed by atoms with E-state index in [1.165, 1.54) is 0 Å². The Morgan fingerprint density at radius 1 is 1.37 bits per heavy atom. The van der Waals surface area contributed by atoms with Crippen molar-refractivity contribution >= 4 is 5.82 Å². The maximum Gasteiger partial charge on any atom is 0.128 e. The van der Waals surface area contributed by atoms with E-state index in [1.54, 1.807) is 0 Å². The van der Waals surface area contributed by atoms with Crippen LogP contribution in [0.2, 0.25) is 0 Å². The molecule has 1 fully saturated rings. The maximum atomic E-state index is 4.77. The maximum absolute atomic E-state index is 4.77. The van der Waals surface area contributed by atoms with Gasteiger partial charge in [-0.2, -0.15) is 0 Å². The SMILES string of the molecule is CC(C)NCc1cccc(N2CCN(C)C(C)C2)n1. The minimum atomic E-state index is 0.495. The van der Waals surface area contributed by atoms with Gasteiger partial charge in [-0.1, -0.05) is 19.9 Å². The lowest BCUT2D eigenvalue weighted by Gasteiger charge is -2.38. The van der Waals surface area contributed by atoms with Crippen LogP contribution in [-0.4, -0.2) is 48.6 Å². The van der Waals surface area contributed by atoms with Crippen LogP contribution < -0.4 is 10.2 Å². The molecule has 0 aromatic carbocycles. The Hall–Kier alpha value is -1.13. The number of anilines is 1. The van der Waals surface area contributed by atoms with Gasteiger partial charge in [0.1, 0.15) is 5.82 Å². The fourth-order valence-electron chi connectivity index (χ4n) is 2.31. The van der Waals surface area contributed by atoms with Crippen molar-refractivity contribution in [3.63, 3.8) is 0 Å². The summed E-state index contributed by atoms with van der Waals surface area (Å²) >= 11 is 0. The van der Waals surface area contributed by atoms with Crippen LogP contribution >= 0.6 is 0 Å². The number of pyridine rings is 1. The highest BCUT2D eigenvalue weighted by Gasteiger charge is 2.21. The van der Waals surface area contributed by atoms with E-state index < -0.39 is 0 Å². The molecule has 1 atom stereocenters. The number of aromatic nitrogens is 1. The summed E-state index contributed by atoms with van der Waals surface area (Å²) in [6.45, 7) is 10.7. The second kappa shape index (κ2) is 6.35. The zero-order valence-electron chi connectivity index (χ0n) is 12.6. The second-order valence-corrected chi connectivity index (χ2v) is 5.80. The molecule has 4 nitrogen and oxygen atoms in total. The number of nitrogens with one attached hydrogen (secondary N) is 1. The van der Waals surface area contributed by atoms with E-state index in [4.69, 9.17) is 4.98 Å². The fourth-order valence-corrected chi connectivity index (χ4v) is 2.31. The molecule has 0 amide bonds. The van der Waals surface area contributed by atoms with E-state index >= 15 is 0 Å². The molecule has 1 aromatic rings. The van der Waals surface area contributed by atoms with E-state index in [0.29, 0.717) is 12.1 Å². The van der Waals surface area contributed by atoms with Gasteiger partial charge in [-0.25, -0.2) is 4.98 Å². The molecule has 1 saturated heterocycles. The number of nitrogens with zero attached hydrogens (tertiary/aromatic N) is 3. The van der Waals surface area contributed by atoms with E-state index in [1.807, 2.05) is 0 Å². The first-order valence-corrected chi connectivity index (χ1v) is 7.21. The molecule has 2 heterocycles. The van der Waals surface area contributed by atoms with Crippen molar-refractivity contribution in [1.82, 2.24) is 15.2 Å². The first kappa shape index (κ1) is 14.3. The molecule has 1 unspecified atom stereocenters. The Balaban J connectivity index is 2.02. The molecule has 2 rings (SSSR count). The summed E-state index contributed by atoms with van der Waals surface area (Å²) in [7, 11) is 2.19. The molecule has 1 N–H and O–H groups in total. The highest BCUT2D eigenvalue weighted by Crippen LogP contribution is 2.16. The van der Waals surface area contributed by atoms with Gasteiger partial charge in [0.25, 0.3) is 0 Å². The standard InChI is InChI=1S/C15H26N4/c1-12(2)16-10-14-6-5-7-15(17-14)19-9-8-18(4)13(3)11-19/h5-7,12-13,16H,8-11H2,1-4H3. The number of piperazine rings is 1. The Morgan fingerprint density at radius 2 is 2.16 bits per heavy atom. The molecular formula is C15H26N4. The highest BCUT2D eigenvalue weighted by molar-refractivity contribution is 5.40. The lowest BCUT2D eigenvalue weighted by Crippen LogP contribution is -2.50. The first-order chi connectivity index (χ1) is 9.06. The first-order valence-electron chi connectivity index (χ1n) is 7.21. The third-order valence-corrected chi connectivity index (χ3v) is 3.77. The van der Waals surface area contributed by atoms with Crippen molar-refractivity contribution < 1.29 is 0 Å². The number of hydrogen-bond donors (Lipinski definition) is 1. The van der Waals surface area contributed by atoms with Crippen molar-refractivity contribution in [1.29, 1.82) is 0 Å². The molecule has 4 heteroatoms. The quantitative estimate of drug-likeness (QED) is 0.895. The highest BCUT2D eigenvalue weighted by atomic mass is 15.3. The zero-order valence-corrected chi connectivity index (χ0v) is 12.6. The largest absolute Gasteiger partial charge is 0.354 e. The molecular weight excluding hydrogens is 236 g/mol. The lowest BCUT2D eigenvalue weighted by molar-refractivity contribution is 0.233. The molecule has 0 saturated carbocycles. The van der Waals surface area contributed by atoms with Crippen molar-refractivity contribution in [2.75, 3.05) is 31.6 Å². The van der Waals surface area contributed by atoms with Crippen LogP contribution in [-0.2, 0) is 6.54 Å². The van der Waals surface area contributed by atoms with Gasteiger partial charge in [-0.3, -0.25) is 0 Å². The van der Waals surface area contributed by atoms with Gasteiger partial charge in [-0.15, -0.1) is 0 Å². The topological polar surface area (TPSA) is 31.4 Å². The minimum Gasteiger partial charge on any atom is -0.354 e. The van der Waals surface area contributed by atoms with Gasteiger partial charge in [-0.05, 0) is 26.1 Å². The van der Waals surface area contributed by atoms with E-state index in [0.717, 1.165) is 37.7 Å². The number of likely N-dealkylation sites (N-methyl/N-ethyl adjacent to an activating group) is 1. The van der Waals surface area contributed by atoms with Crippen LogP contribution in [0.15, 0.2) is 18.2 Å². The molecule has 0 spiro atoms. The molecule has 0 bridgehead atoms. The summed E-state index contributed by atoms with van der Waals surface area (Å²) in [5.41, 5.74) is 1.12. The summed E-state index contributed by atoms with van der Waals surface area (Å²) < 4.78 is 0. The monoisotopic (exact) mass is 262 g/mol. The van der Waals surface area contributed by atoms with Crippen LogP contribution in [0.25, 0.3) is 0 Å². The Morgan fingerprint density at radius 3 is 2.84 bits per heavy atom. The van der Waals surface area contributed by atoms with E-state index in [9.17, 15) is 0 Å². The van der Waals surface area contributed by atoms with Crippen molar-refractivity contribution in [2.45, 2.75) is 39.4 Å². The Bertz CT molecular complexity index is 405. The van der Waals surface area contributed by atoms with Crippen LogP contribution in [0.5, 0.6) is 0 Å². The van der Waals surface area contributed by atoms with Gasteiger partial charge < -0.3 is 15.1 Å². The minimum absolute atomic E-state index is 0.495. The average molecular weight is 262 g/mol. The summed E-state index contributed by atoms with van der Waals surface area (Å²) in [5, 5.41) is 3.42. The third-order valence-electron chi connectivity index (χ3n) is 3.77. The molecule has 1 aromatic heterocycles. The van der Waals surface area contributed by atoms with Gasteiger partial charge >= 0.3 is 0 Å². The fraction of sp³-hybridized carbons (Fsp3) is 0.667. The predicted molar refractivity (Wildman–Crippen MR) is 80.5 cm³/mol. The molecule has 0 radical (unpaired) electrons. The smallest absolute Gasteiger partial charge is 0.128 e. The van der Waals surface area contributed by atoms with Crippen LogP contribution in [0.1, 0.15) is 26.5 Å². The third kappa shape index (κ3) is 3.91. The average Bonchev–Trinajstić information content (AvgIpc) is 2.40. The number of hydrogen-bond acceptors (Lipinski definition) is 4. The van der Waals surface area contributed by atoms with Crippen LogP contribution in [0.3, 0.4) is 0 Å². The van der Waals surface area contributed by atoms with Crippen molar-refractivity contribution in [3.8, 4) is 0 Å². The molecule has 1 aliphatic heterocycles. The van der Waals surface area contributed by atoms with E-state index in [2.05, 4.69) is 61.1 Å². The van der Waals surface area contributed by atoms with Crippen LogP contribution in [0.4, 0.5) is 5.82 Å². The molecule has 19 heavy (non-hydrogen) atoms. The van der Waals surface area contributed by atoms with Crippen molar-refractivity contribution in [3.05, 3.63) is 23.9 Å². The lowest BCUT2D eigenvalue weighted by atomic mass is 10.2. The summed E-state index contributed by atoms with van der Waals surface area (Å²) in [6.07, 6.45) is 0. The molecule has 1 aliphatic rings. The Labute approximate surface area is 116 Å². The van der Waals surface area contributed by atoms with Crippen LogP contribution in [0, 0.1) is 0 Å². The number of rotatable bonds is 4. The summed E-state index contributed by atoms with van der Waals surface area (Å²) in [5.74, 6) is 1.11. The molecule has 0 aliphatic carbocycles. The molecule has 106 valence electrons. The predicted octanol–water partition coefficient (Wildman–Crippen LogP) is 1.72. The summed E-state index contributed by atoms with van der Waals surface area (Å²) in [4.78, 5) is 9.57. The van der Waals surface area contributed by atoms with Gasteiger partial charge in [0.2, 0.25) is 0 Å². The summed E-state index contributed by atoms with van der Waals surface area (Å²) in [6, 6.07) is 7.42. The van der Waals surface area contributed by atoms with Crippen molar-refractivity contribution in [2.24, 2.45) is 0 Å². The van der Waals surface area contributed by atoms with Gasteiger partial charge in [0.05, 0.1) is 5.69 Å². The van der Waals surface area contributed by atoms with Gasteiger partial charge in [0.15, 0.2) is 0 Å². The zero-order chi connectivity index (χ0) is 13.8. The van der Waals surface area contributed by atoms with E-state index in [-0.39, 0.29) is 0 Å². The normalized spacial score (nSPS) is 21.1. The van der Waals surface area contributed by atoms with Gasteiger partial charge in [0, 0.05) is 38.3 Å². The second-order valence-electron chi connectivity index (χ2n) is 5.80.